The van der Waals surface area contributed by atoms with Gasteiger partial charge in [0, 0.05) is 5.69 Å². The summed E-state index contributed by atoms with van der Waals surface area (Å²) in [4.78, 5) is 0. The van der Waals surface area contributed by atoms with Crippen LogP contribution in [0.2, 0.25) is 0 Å². The Hall–Kier alpha value is -2.02. The second-order valence-electron chi connectivity index (χ2n) is 2.68. The number of thiocarbonyl (C=S) groups is 1. The zero-order valence-electron chi connectivity index (χ0n) is 7.64. The number of para-hydroxylation sites is 1. The molecule has 1 aromatic carbocycles. The molecule has 0 radical (unpaired) electrons. The summed E-state index contributed by atoms with van der Waals surface area (Å²) in [6, 6.07) is 9.58. The summed E-state index contributed by atoms with van der Waals surface area (Å²) in [6.07, 6.45) is 0. The normalized spacial score (nSPS) is 9.60. The lowest BCUT2D eigenvalue weighted by molar-refractivity contribution is 0.881. The van der Waals surface area contributed by atoms with Crippen molar-refractivity contribution in [2.75, 3.05) is 10.6 Å². The number of H-pyrrole nitrogens is 1. The first-order valence-corrected chi connectivity index (χ1v) is 4.62. The van der Waals surface area contributed by atoms with Gasteiger partial charge in [-0.1, -0.05) is 23.3 Å². The summed E-state index contributed by atoms with van der Waals surface area (Å²) in [5, 5.41) is 19.3. The number of benzene rings is 1. The fraction of sp³-hybridized carbons (Fsp3) is 0. The van der Waals surface area contributed by atoms with Gasteiger partial charge < -0.3 is 5.32 Å². The molecule has 0 spiro atoms. The van der Waals surface area contributed by atoms with E-state index in [0.717, 1.165) is 5.69 Å². The fourth-order valence-electron chi connectivity index (χ4n) is 1.00. The van der Waals surface area contributed by atoms with Gasteiger partial charge in [0.15, 0.2) is 5.11 Å². The topological polar surface area (TPSA) is 78.5 Å². The maximum absolute atomic E-state index is 5.04. The highest BCUT2D eigenvalue weighted by atomic mass is 32.1. The molecule has 2 aromatic rings. The smallest absolute Gasteiger partial charge is 0.269 e. The Kier molecular flexibility index (Phi) is 2.84. The number of nitrogens with zero attached hydrogens (tertiary/aromatic N) is 3. The summed E-state index contributed by atoms with van der Waals surface area (Å²) < 4.78 is 0. The lowest BCUT2D eigenvalue weighted by Crippen LogP contribution is -2.19. The number of hydrogen-bond acceptors (Lipinski definition) is 4. The first kappa shape index (κ1) is 9.53. The second kappa shape index (κ2) is 4.47. The Bertz CT molecular complexity index is 426. The summed E-state index contributed by atoms with van der Waals surface area (Å²) in [7, 11) is 0. The molecule has 15 heavy (non-hydrogen) atoms. The molecule has 0 fully saturated rings. The Balaban J connectivity index is 1.94. The Labute approximate surface area is 91.1 Å². The van der Waals surface area contributed by atoms with Gasteiger partial charge in [-0.05, 0) is 29.6 Å². The number of tetrazole rings is 1. The van der Waals surface area contributed by atoms with Gasteiger partial charge in [0.1, 0.15) is 0 Å². The van der Waals surface area contributed by atoms with Crippen LogP contribution >= 0.6 is 12.2 Å². The number of aromatic nitrogens is 4. The molecule has 2 rings (SSSR count). The highest BCUT2D eigenvalue weighted by molar-refractivity contribution is 7.80. The molecule has 76 valence electrons. The predicted molar refractivity (Wildman–Crippen MR) is 60.5 cm³/mol. The zero-order chi connectivity index (χ0) is 10.5. The molecule has 0 saturated carbocycles. The van der Waals surface area contributed by atoms with Crippen molar-refractivity contribution < 1.29 is 0 Å². The second-order valence-corrected chi connectivity index (χ2v) is 3.09. The van der Waals surface area contributed by atoms with Crippen LogP contribution < -0.4 is 10.6 Å². The summed E-state index contributed by atoms with van der Waals surface area (Å²) in [6.45, 7) is 0. The molecule has 6 nitrogen and oxygen atoms in total. The molecule has 1 heterocycles. The summed E-state index contributed by atoms with van der Waals surface area (Å²) >= 11 is 5.04. The van der Waals surface area contributed by atoms with E-state index in [4.69, 9.17) is 12.2 Å². The maximum Gasteiger partial charge on any atom is 0.269 e. The molecule has 0 bridgehead atoms. The first-order chi connectivity index (χ1) is 7.34. The minimum atomic E-state index is 0.337. The molecule has 1 aromatic heterocycles. The van der Waals surface area contributed by atoms with E-state index in [-0.39, 0.29) is 0 Å². The van der Waals surface area contributed by atoms with Crippen molar-refractivity contribution in [2.45, 2.75) is 0 Å². The van der Waals surface area contributed by atoms with Gasteiger partial charge in [-0.15, -0.1) is 5.10 Å². The Morgan fingerprint density at radius 2 is 2.00 bits per heavy atom. The number of rotatable bonds is 2. The fourth-order valence-corrected chi connectivity index (χ4v) is 1.21. The van der Waals surface area contributed by atoms with Crippen molar-refractivity contribution in [3.8, 4) is 0 Å². The van der Waals surface area contributed by atoms with Crippen molar-refractivity contribution in [3.63, 3.8) is 0 Å². The highest BCUT2D eigenvalue weighted by Gasteiger charge is 2.00. The van der Waals surface area contributed by atoms with E-state index >= 15 is 0 Å². The van der Waals surface area contributed by atoms with E-state index in [2.05, 4.69) is 31.3 Å². The van der Waals surface area contributed by atoms with Gasteiger partial charge in [0.05, 0.1) is 0 Å². The third-order valence-corrected chi connectivity index (χ3v) is 1.81. The van der Waals surface area contributed by atoms with Crippen LogP contribution in [-0.2, 0) is 0 Å². The van der Waals surface area contributed by atoms with Gasteiger partial charge >= 0.3 is 0 Å². The Morgan fingerprint density at radius 1 is 1.20 bits per heavy atom. The van der Waals surface area contributed by atoms with Gasteiger partial charge in [-0.3, -0.25) is 5.32 Å². The molecule has 0 unspecified atom stereocenters. The van der Waals surface area contributed by atoms with E-state index in [1.807, 2.05) is 30.3 Å². The van der Waals surface area contributed by atoms with Gasteiger partial charge in [0.25, 0.3) is 5.95 Å². The molecule has 0 aliphatic heterocycles. The Morgan fingerprint density at radius 3 is 2.67 bits per heavy atom. The van der Waals surface area contributed by atoms with E-state index in [9.17, 15) is 0 Å². The van der Waals surface area contributed by atoms with Crippen LogP contribution in [0, 0.1) is 0 Å². The number of anilines is 2. The SMILES string of the molecule is S=C(Nc1ccccc1)Nc1nn[nH]n1. The lowest BCUT2D eigenvalue weighted by Gasteiger charge is -2.06. The van der Waals surface area contributed by atoms with Crippen molar-refractivity contribution in [1.29, 1.82) is 0 Å². The third kappa shape index (κ3) is 2.71. The minimum absolute atomic E-state index is 0.337. The van der Waals surface area contributed by atoms with Crippen molar-refractivity contribution >= 4 is 29.0 Å². The molecule has 0 atom stereocenters. The average molecular weight is 220 g/mol. The summed E-state index contributed by atoms with van der Waals surface area (Å²) in [5.74, 6) is 0.337. The molecule has 0 saturated heterocycles. The number of aromatic amines is 1. The van der Waals surface area contributed by atoms with E-state index in [0.29, 0.717) is 11.1 Å². The van der Waals surface area contributed by atoms with Crippen LogP contribution in [0.15, 0.2) is 30.3 Å². The van der Waals surface area contributed by atoms with Crippen LogP contribution in [0.4, 0.5) is 11.6 Å². The standard InChI is InChI=1S/C8H8N6S/c15-8(10-7-11-13-14-12-7)9-6-4-2-1-3-5-6/h1-5H,(H3,9,10,11,12,13,14,15). The van der Waals surface area contributed by atoms with Crippen LogP contribution in [0.25, 0.3) is 0 Å². The van der Waals surface area contributed by atoms with Crippen molar-refractivity contribution in [2.24, 2.45) is 0 Å². The summed E-state index contributed by atoms with van der Waals surface area (Å²) in [5.41, 5.74) is 0.901. The lowest BCUT2D eigenvalue weighted by atomic mass is 10.3. The predicted octanol–water partition coefficient (Wildman–Crippen LogP) is 1.01. The average Bonchev–Trinajstić information content (AvgIpc) is 2.71. The van der Waals surface area contributed by atoms with Gasteiger partial charge in [-0.2, -0.15) is 5.21 Å². The van der Waals surface area contributed by atoms with Gasteiger partial charge in [-0.25, -0.2) is 0 Å². The van der Waals surface area contributed by atoms with Crippen molar-refractivity contribution in [1.82, 2.24) is 20.6 Å². The molecule has 0 aliphatic rings. The number of nitrogens with one attached hydrogen (secondary N) is 3. The highest BCUT2D eigenvalue weighted by Crippen LogP contribution is 2.05. The van der Waals surface area contributed by atoms with Crippen LogP contribution in [-0.4, -0.2) is 25.7 Å². The molecule has 3 N–H and O–H groups in total. The molecule has 0 aliphatic carbocycles. The van der Waals surface area contributed by atoms with Crippen molar-refractivity contribution in [3.05, 3.63) is 30.3 Å². The zero-order valence-corrected chi connectivity index (χ0v) is 8.45. The first-order valence-electron chi connectivity index (χ1n) is 4.21. The van der Waals surface area contributed by atoms with E-state index in [1.54, 1.807) is 0 Å². The number of hydrogen-bond donors (Lipinski definition) is 3. The maximum atomic E-state index is 5.04. The minimum Gasteiger partial charge on any atom is -0.332 e. The van der Waals surface area contributed by atoms with E-state index in [1.165, 1.54) is 0 Å². The molecule has 7 heteroatoms. The molecule has 0 amide bonds. The van der Waals surface area contributed by atoms with Crippen LogP contribution in [0.5, 0.6) is 0 Å². The van der Waals surface area contributed by atoms with Gasteiger partial charge in [0.2, 0.25) is 0 Å². The quantitative estimate of drug-likeness (QED) is 0.655. The molecular formula is C8H8N6S. The molecular weight excluding hydrogens is 212 g/mol. The van der Waals surface area contributed by atoms with E-state index < -0.39 is 0 Å². The largest absolute Gasteiger partial charge is 0.332 e. The monoisotopic (exact) mass is 220 g/mol. The third-order valence-electron chi connectivity index (χ3n) is 1.60. The van der Waals surface area contributed by atoms with Crippen LogP contribution in [0.3, 0.4) is 0 Å². The van der Waals surface area contributed by atoms with Crippen LogP contribution in [0.1, 0.15) is 0 Å².